The first-order chi connectivity index (χ1) is 19.2. The molecule has 0 aromatic heterocycles. The van der Waals surface area contributed by atoms with Crippen LogP contribution in [0, 0.1) is 0 Å². The van der Waals surface area contributed by atoms with E-state index in [-0.39, 0.29) is 12.5 Å². The fourth-order valence-corrected chi connectivity index (χ4v) is 5.50. The number of nitrogens with zero attached hydrogens (tertiary/aromatic N) is 2. The van der Waals surface area contributed by atoms with Gasteiger partial charge in [-0.15, -0.1) is 0 Å². The van der Waals surface area contributed by atoms with Crippen LogP contribution in [0.5, 0.6) is 11.5 Å². The maximum atomic E-state index is 13.0. The smallest absolute Gasteiger partial charge is 0.338 e. The lowest BCUT2D eigenvalue weighted by Gasteiger charge is -2.15. The van der Waals surface area contributed by atoms with Gasteiger partial charge in [0.05, 0.1) is 29.4 Å². The Hall–Kier alpha value is -2.98. The predicted molar refractivity (Wildman–Crippen MR) is 164 cm³/mol. The van der Waals surface area contributed by atoms with Gasteiger partial charge >= 0.3 is 5.97 Å². The second-order valence-corrected chi connectivity index (χ2v) is 11.1. The van der Waals surface area contributed by atoms with Gasteiger partial charge in [0.25, 0.3) is 5.91 Å². The number of carbonyl (C=O) groups is 2. The molecule has 4 rings (SSSR count). The summed E-state index contributed by atoms with van der Waals surface area (Å²) in [5, 5.41) is 1.58. The first-order valence-electron chi connectivity index (χ1n) is 12.3. The van der Waals surface area contributed by atoms with E-state index in [0.29, 0.717) is 56.1 Å². The molecule has 0 spiro atoms. The lowest BCUT2D eigenvalue weighted by molar-refractivity contribution is -0.121. The van der Waals surface area contributed by atoms with E-state index >= 15 is 0 Å². The molecular formula is C29H25BrCl2N2O5S. The van der Waals surface area contributed by atoms with Crippen molar-refractivity contribution >= 4 is 79.7 Å². The fraction of sp³-hybridized carbons (Fsp3) is 0.207. The SMILES string of the molecule is CCOC(=O)c1ccc(N=C2S/C(=C\c3cc(OCC)c(OCc4ccc(Cl)cc4Cl)cc3Br)C(=O)N2C)cc1. The summed E-state index contributed by atoms with van der Waals surface area (Å²) in [6.07, 6.45) is 1.78. The van der Waals surface area contributed by atoms with Crippen molar-refractivity contribution in [1.82, 2.24) is 4.90 Å². The van der Waals surface area contributed by atoms with Gasteiger partial charge in [-0.2, -0.15) is 0 Å². The van der Waals surface area contributed by atoms with Gasteiger partial charge < -0.3 is 14.2 Å². The Morgan fingerprint density at radius 3 is 2.42 bits per heavy atom. The van der Waals surface area contributed by atoms with Gasteiger partial charge in [-0.1, -0.05) is 45.2 Å². The molecule has 0 saturated carbocycles. The summed E-state index contributed by atoms with van der Waals surface area (Å²) in [6, 6.07) is 15.6. The number of thioether (sulfide) groups is 1. The fourth-order valence-electron chi connectivity index (χ4n) is 3.63. The van der Waals surface area contributed by atoms with Gasteiger partial charge in [-0.3, -0.25) is 9.69 Å². The van der Waals surface area contributed by atoms with Crippen molar-refractivity contribution in [3.63, 3.8) is 0 Å². The molecule has 0 atom stereocenters. The average molecular weight is 664 g/mol. The maximum Gasteiger partial charge on any atom is 0.338 e. The van der Waals surface area contributed by atoms with Crippen molar-refractivity contribution in [1.29, 1.82) is 0 Å². The molecule has 1 aliphatic rings. The minimum Gasteiger partial charge on any atom is -0.490 e. The summed E-state index contributed by atoms with van der Waals surface area (Å²) in [6.45, 7) is 4.59. The molecule has 1 fully saturated rings. The standard InChI is InChI=1S/C29H25BrCl2N2O5S/c1-4-37-24-12-19(22(30)15-25(24)39-16-18-6-9-20(31)14-23(18)32)13-26-27(35)34(3)29(40-26)33-21-10-7-17(8-11-21)28(36)38-5-2/h6-15H,4-5,16H2,1-3H3/b26-13-,33-29?. The Kier molecular flexibility index (Phi) is 10.2. The number of rotatable bonds is 9. The van der Waals surface area contributed by atoms with Crippen molar-refractivity contribution in [3.05, 3.63) is 90.7 Å². The minimum absolute atomic E-state index is 0.186. The summed E-state index contributed by atoms with van der Waals surface area (Å²) >= 11 is 17.1. The van der Waals surface area contributed by atoms with Gasteiger partial charge in [0, 0.05) is 27.1 Å². The quantitative estimate of drug-likeness (QED) is 0.170. The monoisotopic (exact) mass is 662 g/mol. The van der Waals surface area contributed by atoms with E-state index in [1.165, 1.54) is 16.7 Å². The second-order valence-electron chi connectivity index (χ2n) is 8.41. The van der Waals surface area contributed by atoms with Gasteiger partial charge in [0.2, 0.25) is 0 Å². The van der Waals surface area contributed by atoms with E-state index in [1.807, 2.05) is 19.1 Å². The minimum atomic E-state index is -0.392. The highest BCUT2D eigenvalue weighted by Gasteiger charge is 2.30. The lowest BCUT2D eigenvalue weighted by atomic mass is 10.1. The number of aliphatic imine (C=N–C) groups is 1. The Bertz CT molecular complexity index is 1490. The van der Waals surface area contributed by atoms with Crippen molar-refractivity contribution in [3.8, 4) is 11.5 Å². The molecule has 1 amide bonds. The van der Waals surface area contributed by atoms with Gasteiger partial charge in [-0.25, -0.2) is 9.79 Å². The summed E-state index contributed by atoms with van der Waals surface area (Å²) < 4.78 is 17.6. The van der Waals surface area contributed by atoms with Crippen LogP contribution in [0.25, 0.3) is 6.08 Å². The first kappa shape index (κ1) is 30.0. The molecule has 40 heavy (non-hydrogen) atoms. The van der Waals surface area contributed by atoms with Crippen LogP contribution in [0.3, 0.4) is 0 Å². The molecule has 1 heterocycles. The van der Waals surface area contributed by atoms with E-state index in [1.54, 1.807) is 62.5 Å². The van der Waals surface area contributed by atoms with Crippen LogP contribution >= 0.6 is 50.9 Å². The highest BCUT2D eigenvalue weighted by atomic mass is 79.9. The predicted octanol–water partition coefficient (Wildman–Crippen LogP) is 8.14. The molecule has 1 aliphatic heterocycles. The van der Waals surface area contributed by atoms with E-state index in [9.17, 15) is 9.59 Å². The number of benzene rings is 3. The van der Waals surface area contributed by atoms with E-state index in [0.717, 1.165) is 15.6 Å². The molecule has 7 nitrogen and oxygen atoms in total. The largest absolute Gasteiger partial charge is 0.490 e. The molecule has 3 aromatic carbocycles. The highest BCUT2D eigenvalue weighted by molar-refractivity contribution is 9.10. The Morgan fingerprint density at radius 1 is 1.02 bits per heavy atom. The average Bonchev–Trinajstić information content (AvgIpc) is 3.18. The number of ether oxygens (including phenoxy) is 3. The molecule has 0 unspecified atom stereocenters. The van der Waals surface area contributed by atoms with E-state index in [2.05, 4.69) is 20.9 Å². The number of hydrogen-bond donors (Lipinski definition) is 0. The maximum absolute atomic E-state index is 13.0. The summed E-state index contributed by atoms with van der Waals surface area (Å²) in [7, 11) is 1.67. The van der Waals surface area contributed by atoms with E-state index < -0.39 is 5.97 Å². The van der Waals surface area contributed by atoms with Crippen LogP contribution in [-0.4, -0.2) is 42.2 Å². The van der Waals surface area contributed by atoms with Crippen LogP contribution < -0.4 is 9.47 Å². The van der Waals surface area contributed by atoms with Crippen LogP contribution in [0.2, 0.25) is 10.0 Å². The third-order valence-electron chi connectivity index (χ3n) is 5.65. The van der Waals surface area contributed by atoms with Crippen LogP contribution in [0.4, 0.5) is 5.69 Å². The Morgan fingerprint density at radius 2 is 1.75 bits per heavy atom. The third kappa shape index (κ3) is 7.20. The molecule has 208 valence electrons. The van der Waals surface area contributed by atoms with Gasteiger partial charge in [0.15, 0.2) is 16.7 Å². The molecule has 11 heteroatoms. The molecule has 3 aromatic rings. The topological polar surface area (TPSA) is 77.4 Å². The van der Waals surface area contributed by atoms with Gasteiger partial charge in [-0.05, 0) is 85.8 Å². The zero-order valence-electron chi connectivity index (χ0n) is 21.9. The van der Waals surface area contributed by atoms with Crippen LogP contribution in [-0.2, 0) is 16.1 Å². The molecule has 0 aliphatic carbocycles. The van der Waals surface area contributed by atoms with Crippen molar-refractivity contribution in [2.45, 2.75) is 20.5 Å². The number of amides is 1. The number of carbonyl (C=O) groups excluding carboxylic acids is 2. The summed E-state index contributed by atoms with van der Waals surface area (Å²) in [4.78, 5) is 31.5. The van der Waals surface area contributed by atoms with E-state index in [4.69, 9.17) is 37.4 Å². The van der Waals surface area contributed by atoms with Crippen LogP contribution in [0.1, 0.15) is 35.3 Å². The normalized spacial score (nSPS) is 15.2. The molecular weight excluding hydrogens is 639 g/mol. The molecule has 1 saturated heterocycles. The highest BCUT2D eigenvalue weighted by Crippen LogP contribution is 2.39. The second kappa shape index (κ2) is 13.6. The zero-order valence-corrected chi connectivity index (χ0v) is 25.8. The van der Waals surface area contributed by atoms with Crippen molar-refractivity contribution in [2.24, 2.45) is 4.99 Å². The van der Waals surface area contributed by atoms with Crippen LogP contribution in [0.15, 0.2) is 69.0 Å². The number of hydrogen-bond acceptors (Lipinski definition) is 7. The molecule has 0 bridgehead atoms. The number of likely N-dealkylation sites (N-methyl/N-ethyl adjacent to an activating group) is 1. The number of esters is 1. The summed E-state index contributed by atoms with van der Waals surface area (Å²) in [5.41, 5.74) is 2.57. The number of halogens is 3. The lowest BCUT2D eigenvalue weighted by Crippen LogP contribution is -2.23. The Labute approximate surface area is 255 Å². The zero-order chi connectivity index (χ0) is 28.8. The Balaban J connectivity index is 1.55. The van der Waals surface area contributed by atoms with Crippen molar-refractivity contribution in [2.75, 3.05) is 20.3 Å². The molecule has 0 radical (unpaired) electrons. The van der Waals surface area contributed by atoms with Gasteiger partial charge in [0.1, 0.15) is 6.61 Å². The first-order valence-corrected chi connectivity index (χ1v) is 14.6. The number of amidine groups is 1. The van der Waals surface area contributed by atoms with Crippen molar-refractivity contribution < 1.29 is 23.8 Å². The summed E-state index contributed by atoms with van der Waals surface area (Å²) in [5.74, 6) is 0.478. The molecule has 0 N–H and O–H groups in total. The third-order valence-corrected chi connectivity index (χ3v) is 7.99.